The Labute approximate surface area is 138 Å². The van der Waals surface area contributed by atoms with Gasteiger partial charge in [0, 0.05) is 6.42 Å². The van der Waals surface area contributed by atoms with Crippen molar-refractivity contribution in [1.82, 2.24) is 9.97 Å². The van der Waals surface area contributed by atoms with Gasteiger partial charge in [-0.3, -0.25) is 0 Å². The first-order valence-electron chi connectivity index (χ1n) is 7.60. The van der Waals surface area contributed by atoms with E-state index in [1.54, 1.807) is 12.1 Å². The summed E-state index contributed by atoms with van der Waals surface area (Å²) < 4.78 is 10.9. The van der Waals surface area contributed by atoms with Crippen LogP contribution in [-0.2, 0) is 11.2 Å². The Hall–Kier alpha value is -3.15. The van der Waals surface area contributed by atoms with Crippen molar-refractivity contribution in [2.24, 2.45) is 0 Å². The van der Waals surface area contributed by atoms with Crippen LogP contribution in [0.1, 0.15) is 33.3 Å². The lowest BCUT2D eigenvalue weighted by molar-refractivity contribution is 0.0382. The maximum Gasteiger partial charge on any atom is 0.343 e. The third-order valence-corrected chi connectivity index (χ3v) is 4.13. The molecule has 0 bridgehead atoms. The Bertz CT molecular complexity index is 919. The van der Waals surface area contributed by atoms with Crippen molar-refractivity contribution in [3.8, 4) is 11.5 Å². The molecule has 0 aliphatic carbocycles. The van der Waals surface area contributed by atoms with Crippen LogP contribution in [-0.4, -0.2) is 15.9 Å². The highest BCUT2D eigenvalue weighted by Gasteiger charge is 2.37. The fourth-order valence-electron chi connectivity index (χ4n) is 2.94. The Kier molecular flexibility index (Phi) is 3.30. The zero-order valence-corrected chi connectivity index (χ0v) is 13.0. The number of benzene rings is 1. The largest absolute Gasteiger partial charge is 0.463 e. The zero-order chi connectivity index (χ0) is 16.7. The minimum atomic E-state index is -0.479. The lowest BCUT2D eigenvalue weighted by Crippen LogP contribution is -2.07. The molecule has 6 heteroatoms. The predicted molar refractivity (Wildman–Crippen MR) is 87.2 cm³/mol. The van der Waals surface area contributed by atoms with E-state index in [4.69, 9.17) is 14.9 Å². The van der Waals surface area contributed by atoms with Crippen molar-refractivity contribution >= 4 is 11.9 Å². The number of carbonyl (C=O) groups excluding carboxylic acids is 1. The summed E-state index contributed by atoms with van der Waals surface area (Å²) in [6, 6.07) is 11.4. The minimum Gasteiger partial charge on any atom is -0.463 e. The van der Waals surface area contributed by atoms with E-state index in [1.165, 1.54) is 6.26 Å². The van der Waals surface area contributed by atoms with Gasteiger partial charge in [-0.1, -0.05) is 24.3 Å². The smallest absolute Gasteiger partial charge is 0.343 e. The molecule has 2 N–H and O–H groups in total. The molecular formula is C18H15N3O3. The van der Waals surface area contributed by atoms with E-state index in [-0.39, 0.29) is 5.95 Å². The topological polar surface area (TPSA) is 91.2 Å². The van der Waals surface area contributed by atoms with E-state index in [0.717, 1.165) is 11.1 Å². The van der Waals surface area contributed by atoms with Gasteiger partial charge < -0.3 is 14.9 Å². The molecule has 3 aromatic rings. The number of nitrogen functional groups attached to an aromatic ring is 1. The monoisotopic (exact) mass is 321 g/mol. The van der Waals surface area contributed by atoms with E-state index >= 15 is 0 Å². The quantitative estimate of drug-likeness (QED) is 0.745. The Morgan fingerprint density at radius 1 is 1.17 bits per heavy atom. The number of aryl methyl sites for hydroxylation is 1. The summed E-state index contributed by atoms with van der Waals surface area (Å²) in [6.45, 7) is 2.02. The first-order valence-corrected chi connectivity index (χ1v) is 7.60. The highest BCUT2D eigenvalue weighted by molar-refractivity contribution is 5.99. The number of carbonyl (C=O) groups is 1. The molecule has 1 atom stereocenters. The normalized spacial score (nSPS) is 16.0. The van der Waals surface area contributed by atoms with Gasteiger partial charge >= 0.3 is 5.97 Å². The van der Waals surface area contributed by atoms with Crippen molar-refractivity contribution in [2.45, 2.75) is 19.4 Å². The van der Waals surface area contributed by atoms with Crippen molar-refractivity contribution in [3.63, 3.8) is 0 Å². The van der Waals surface area contributed by atoms with Crippen molar-refractivity contribution < 1.29 is 13.9 Å². The number of anilines is 1. The van der Waals surface area contributed by atoms with Crippen molar-refractivity contribution in [1.29, 1.82) is 0 Å². The van der Waals surface area contributed by atoms with Gasteiger partial charge in [-0.05, 0) is 30.2 Å². The van der Waals surface area contributed by atoms with Crippen LogP contribution in [0, 0.1) is 6.92 Å². The van der Waals surface area contributed by atoms with Crippen LogP contribution in [0.2, 0.25) is 0 Å². The number of aromatic nitrogens is 2. The molecule has 1 unspecified atom stereocenters. The number of cyclic esters (lactones) is 1. The summed E-state index contributed by atoms with van der Waals surface area (Å²) >= 11 is 0. The lowest BCUT2D eigenvalue weighted by atomic mass is 9.99. The summed E-state index contributed by atoms with van der Waals surface area (Å²) in [7, 11) is 0. The van der Waals surface area contributed by atoms with E-state index in [0.29, 0.717) is 29.1 Å². The molecule has 3 heterocycles. The van der Waals surface area contributed by atoms with Crippen LogP contribution >= 0.6 is 0 Å². The van der Waals surface area contributed by atoms with Crippen molar-refractivity contribution in [2.75, 3.05) is 5.73 Å². The number of esters is 1. The van der Waals surface area contributed by atoms with Crippen LogP contribution < -0.4 is 5.73 Å². The van der Waals surface area contributed by atoms with Gasteiger partial charge in [0.1, 0.15) is 23.1 Å². The van der Waals surface area contributed by atoms with Gasteiger partial charge in [-0.25, -0.2) is 14.8 Å². The molecule has 0 saturated carbocycles. The number of rotatable bonds is 3. The number of nitrogens with zero attached hydrogens (tertiary/aromatic N) is 2. The molecule has 1 aromatic carbocycles. The highest BCUT2D eigenvalue weighted by atomic mass is 16.5. The first-order chi connectivity index (χ1) is 11.6. The van der Waals surface area contributed by atoms with Gasteiger partial charge in [0.05, 0.1) is 6.26 Å². The van der Waals surface area contributed by atoms with Gasteiger partial charge in [-0.15, -0.1) is 0 Å². The molecule has 120 valence electrons. The number of nitrogens with two attached hydrogens (primary N) is 1. The van der Waals surface area contributed by atoms with Crippen LogP contribution in [0.4, 0.5) is 5.95 Å². The standard InChI is InChI=1S/C18H15N3O3/c1-10-5-2-3-6-11(10)9-13-16-14(17(22)24-13)15(20-18(19)21-16)12-7-4-8-23-12/h2-8,13H,9H2,1H3,(H2,19,20,21). The van der Waals surface area contributed by atoms with E-state index in [2.05, 4.69) is 9.97 Å². The molecule has 0 amide bonds. The number of furan rings is 1. The van der Waals surface area contributed by atoms with Gasteiger partial charge in [-0.2, -0.15) is 0 Å². The predicted octanol–water partition coefficient (Wildman–Crippen LogP) is 3.08. The van der Waals surface area contributed by atoms with E-state index < -0.39 is 12.1 Å². The molecule has 2 aromatic heterocycles. The second-order valence-electron chi connectivity index (χ2n) is 5.69. The van der Waals surface area contributed by atoms with E-state index in [1.807, 2.05) is 31.2 Å². The fourth-order valence-corrected chi connectivity index (χ4v) is 2.94. The summed E-state index contributed by atoms with van der Waals surface area (Å²) in [5.41, 5.74) is 9.29. The second-order valence-corrected chi connectivity index (χ2v) is 5.69. The maximum atomic E-state index is 12.4. The van der Waals surface area contributed by atoms with Crippen LogP contribution in [0.3, 0.4) is 0 Å². The maximum absolute atomic E-state index is 12.4. The molecule has 0 saturated heterocycles. The Morgan fingerprint density at radius 2 is 2.00 bits per heavy atom. The van der Waals surface area contributed by atoms with Crippen LogP contribution in [0.5, 0.6) is 0 Å². The van der Waals surface area contributed by atoms with Crippen LogP contribution in [0.25, 0.3) is 11.5 Å². The molecule has 24 heavy (non-hydrogen) atoms. The lowest BCUT2D eigenvalue weighted by Gasteiger charge is -2.12. The molecule has 0 spiro atoms. The number of hydrogen-bond acceptors (Lipinski definition) is 6. The van der Waals surface area contributed by atoms with Gasteiger partial charge in [0.2, 0.25) is 5.95 Å². The Morgan fingerprint density at radius 3 is 2.75 bits per heavy atom. The molecule has 1 aliphatic heterocycles. The van der Waals surface area contributed by atoms with Crippen molar-refractivity contribution in [3.05, 3.63) is 65.0 Å². The molecule has 6 nitrogen and oxygen atoms in total. The Balaban J connectivity index is 1.79. The molecule has 1 aliphatic rings. The summed E-state index contributed by atoms with van der Waals surface area (Å²) in [4.78, 5) is 20.8. The number of ether oxygens (including phenoxy) is 1. The third kappa shape index (κ3) is 2.32. The minimum absolute atomic E-state index is 0.0910. The summed E-state index contributed by atoms with van der Waals surface area (Å²) in [6.07, 6.45) is 1.58. The SMILES string of the molecule is Cc1ccccc1CC1OC(=O)c2c(-c3ccco3)nc(N)nc21. The molecule has 0 radical (unpaired) electrons. The van der Waals surface area contributed by atoms with Gasteiger partial charge in [0.25, 0.3) is 0 Å². The average molecular weight is 321 g/mol. The summed E-state index contributed by atoms with van der Waals surface area (Å²) in [5, 5.41) is 0. The average Bonchev–Trinajstić information content (AvgIpc) is 3.18. The van der Waals surface area contributed by atoms with Gasteiger partial charge in [0.15, 0.2) is 5.76 Å². The van der Waals surface area contributed by atoms with E-state index in [9.17, 15) is 4.79 Å². The molecular weight excluding hydrogens is 306 g/mol. The number of hydrogen-bond donors (Lipinski definition) is 1. The number of fused-ring (bicyclic) bond motifs is 1. The summed E-state index contributed by atoms with van der Waals surface area (Å²) in [5.74, 6) is 0.108. The third-order valence-electron chi connectivity index (χ3n) is 4.13. The molecule has 4 rings (SSSR count). The molecule has 0 fully saturated rings. The second kappa shape index (κ2) is 5.49. The first kappa shape index (κ1) is 14.4. The highest BCUT2D eigenvalue weighted by Crippen LogP contribution is 2.37. The van der Waals surface area contributed by atoms with Crippen LogP contribution in [0.15, 0.2) is 47.1 Å². The zero-order valence-electron chi connectivity index (χ0n) is 13.0. The fraction of sp³-hybridized carbons (Fsp3) is 0.167.